The Balaban J connectivity index is 1.33. The van der Waals surface area contributed by atoms with E-state index in [1.807, 2.05) is 18.2 Å². The molecule has 1 fully saturated rings. The summed E-state index contributed by atoms with van der Waals surface area (Å²) in [4.78, 5) is 14.4. The summed E-state index contributed by atoms with van der Waals surface area (Å²) in [5.41, 5.74) is 3.19. The molecule has 9 heteroatoms. The first-order valence-electron chi connectivity index (χ1n) is 9.10. The zero-order valence-electron chi connectivity index (χ0n) is 14.9. The summed E-state index contributed by atoms with van der Waals surface area (Å²) in [6.07, 6.45) is 2.15. The maximum absolute atomic E-state index is 12.2. The third-order valence-corrected chi connectivity index (χ3v) is 4.81. The van der Waals surface area contributed by atoms with E-state index in [0.29, 0.717) is 18.3 Å². The standard InChI is InChI=1S/C18H22N8O/c27-18(19-10-17-22-24-25-23-17)12-26-8-4-7-14(11-26)16-9-15(20-21-16)13-5-2-1-3-6-13/h1-3,5-6,9,14H,4,7-8,10-12H2,(H,19,27)(H,20,21)(H,22,23,24,25). The maximum Gasteiger partial charge on any atom is 0.234 e. The minimum absolute atomic E-state index is 0.0324. The molecule has 3 heterocycles. The van der Waals surface area contributed by atoms with Crippen molar-refractivity contribution in [3.05, 3.63) is 47.9 Å². The van der Waals surface area contributed by atoms with Crippen molar-refractivity contribution < 1.29 is 4.79 Å². The Kier molecular flexibility index (Phi) is 5.20. The normalized spacial score (nSPS) is 17.7. The Hall–Kier alpha value is -3.07. The van der Waals surface area contributed by atoms with Crippen LogP contribution in [0.4, 0.5) is 0 Å². The van der Waals surface area contributed by atoms with Gasteiger partial charge in [-0.25, -0.2) is 0 Å². The van der Waals surface area contributed by atoms with Crippen LogP contribution in [0.1, 0.15) is 30.3 Å². The van der Waals surface area contributed by atoms with Crippen molar-refractivity contribution in [1.82, 2.24) is 41.0 Å². The number of carbonyl (C=O) groups is 1. The van der Waals surface area contributed by atoms with Gasteiger partial charge in [0.05, 0.1) is 18.8 Å². The van der Waals surface area contributed by atoms with E-state index in [9.17, 15) is 4.79 Å². The first kappa shape index (κ1) is 17.3. The van der Waals surface area contributed by atoms with E-state index in [1.165, 1.54) is 0 Å². The van der Waals surface area contributed by atoms with Gasteiger partial charge in [-0.3, -0.25) is 14.8 Å². The molecule has 3 aromatic rings. The highest BCUT2D eigenvalue weighted by Gasteiger charge is 2.24. The van der Waals surface area contributed by atoms with E-state index < -0.39 is 0 Å². The zero-order chi connectivity index (χ0) is 18.5. The number of H-pyrrole nitrogens is 2. The number of carbonyl (C=O) groups excluding carboxylic acids is 1. The number of amides is 1. The third kappa shape index (κ3) is 4.37. The van der Waals surface area contributed by atoms with Gasteiger partial charge < -0.3 is 5.32 Å². The van der Waals surface area contributed by atoms with Crippen LogP contribution in [-0.2, 0) is 11.3 Å². The first-order chi connectivity index (χ1) is 13.3. The highest BCUT2D eigenvalue weighted by atomic mass is 16.2. The Morgan fingerprint density at radius 3 is 2.96 bits per heavy atom. The van der Waals surface area contributed by atoms with Gasteiger partial charge in [-0.05, 0) is 25.5 Å². The second kappa shape index (κ2) is 8.09. The van der Waals surface area contributed by atoms with Gasteiger partial charge in [0.1, 0.15) is 0 Å². The molecule has 1 aliphatic rings. The largest absolute Gasteiger partial charge is 0.348 e. The molecule has 1 aromatic carbocycles. The number of piperidine rings is 1. The fourth-order valence-corrected chi connectivity index (χ4v) is 3.45. The summed E-state index contributed by atoms with van der Waals surface area (Å²) in [7, 11) is 0. The lowest BCUT2D eigenvalue weighted by molar-refractivity contribution is -0.122. The highest BCUT2D eigenvalue weighted by molar-refractivity contribution is 5.77. The SMILES string of the molecule is O=C(CN1CCCC(c2cc(-c3ccccc3)n[nH]2)C1)NCc1nn[nH]n1. The predicted molar refractivity (Wildman–Crippen MR) is 98.5 cm³/mol. The number of tetrazole rings is 1. The summed E-state index contributed by atoms with van der Waals surface area (Å²) in [5.74, 6) is 0.800. The van der Waals surface area contributed by atoms with Crippen LogP contribution in [-0.4, -0.2) is 61.3 Å². The number of likely N-dealkylation sites (tertiary alicyclic amines) is 1. The van der Waals surface area contributed by atoms with Crippen molar-refractivity contribution in [2.75, 3.05) is 19.6 Å². The van der Waals surface area contributed by atoms with Gasteiger partial charge in [0, 0.05) is 23.7 Å². The lowest BCUT2D eigenvalue weighted by Gasteiger charge is -2.31. The van der Waals surface area contributed by atoms with Gasteiger partial charge >= 0.3 is 0 Å². The average molecular weight is 366 g/mol. The molecule has 1 unspecified atom stereocenters. The summed E-state index contributed by atoms with van der Waals surface area (Å²) in [6, 6.07) is 12.3. The third-order valence-electron chi connectivity index (χ3n) is 4.81. The first-order valence-corrected chi connectivity index (χ1v) is 9.10. The van der Waals surface area contributed by atoms with Crippen LogP contribution >= 0.6 is 0 Å². The molecular formula is C18H22N8O. The van der Waals surface area contributed by atoms with Crippen molar-refractivity contribution in [2.45, 2.75) is 25.3 Å². The van der Waals surface area contributed by atoms with E-state index in [1.54, 1.807) is 0 Å². The van der Waals surface area contributed by atoms with E-state index >= 15 is 0 Å². The lowest BCUT2D eigenvalue weighted by Crippen LogP contribution is -2.42. The average Bonchev–Trinajstić information content (AvgIpc) is 3.39. The maximum atomic E-state index is 12.2. The fraction of sp³-hybridized carbons (Fsp3) is 0.389. The minimum atomic E-state index is -0.0324. The van der Waals surface area contributed by atoms with Crippen LogP contribution in [0.15, 0.2) is 36.4 Å². The molecule has 0 radical (unpaired) electrons. The van der Waals surface area contributed by atoms with Crippen LogP contribution < -0.4 is 5.32 Å². The smallest absolute Gasteiger partial charge is 0.234 e. The van der Waals surface area contributed by atoms with Crippen molar-refractivity contribution in [2.24, 2.45) is 0 Å². The van der Waals surface area contributed by atoms with Crippen molar-refractivity contribution in [1.29, 1.82) is 0 Å². The lowest BCUT2D eigenvalue weighted by atomic mass is 9.94. The molecule has 4 rings (SSSR count). The molecule has 0 spiro atoms. The molecular weight excluding hydrogens is 344 g/mol. The monoisotopic (exact) mass is 366 g/mol. The van der Waals surface area contributed by atoms with E-state index in [-0.39, 0.29) is 12.5 Å². The number of aromatic amines is 2. The van der Waals surface area contributed by atoms with Gasteiger partial charge in [-0.1, -0.05) is 35.5 Å². The molecule has 0 aliphatic carbocycles. The molecule has 1 amide bonds. The Bertz CT molecular complexity index is 861. The number of hydrogen-bond acceptors (Lipinski definition) is 6. The summed E-state index contributed by atoms with van der Waals surface area (Å²) >= 11 is 0. The summed E-state index contributed by atoms with van der Waals surface area (Å²) in [6.45, 7) is 2.42. The fourth-order valence-electron chi connectivity index (χ4n) is 3.45. The molecule has 2 aromatic heterocycles. The van der Waals surface area contributed by atoms with Crippen molar-refractivity contribution >= 4 is 5.91 Å². The van der Waals surface area contributed by atoms with Crippen molar-refractivity contribution in [3.8, 4) is 11.3 Å². The van der Waals surface area contributed by atoms with Crippen LogP contribution in [0.3, 0.4) is 0 Å². The number of aromatic nitrogens is 6. The minimum Gasteiger partial charge on any atom is -0.348 e. The Morgan fingerprint density at radius 1 is 1.26 bits per heavy atom. The topological polar surface area (TPSA) is 115 Å². The number of hydrogen-bond donors (Lipinski definition) is 3. The number of benzene rings is 1. The molecule has 1 aliphatic heterocycles. The molecule has 9 nitrogen and oxygen atoms in total. The predicted octanol–water partition coefficient (Wildman–Crippen LogP) is 1.09. The summed E-state index contributed by atoms with van der Waals surface area (Å²) in [5, 5.41) is 24.0. The van der Waals surface area contributed by atoms with E-state index in [4.69, 9.17) is 0 Å². The van der Waals surface area contributed by atoms with Gasteiger partial charge in [0.2, 0.25) is 5.91 Å². The highest BCUT2D eigenvalue weighted by Crippen LogP contribution is 2.28. The second-order valence-corrected chi connectivity index (χ2v) is 6.75. The van der Waals surface area contributed by atoms with Crippen LogP contribution in [0.5, 0.6) is 0 Å². The molecule has 1 saturated heterocycles. The Morgan fingerprint density at radius 2 is 2.15 bits per heavy atom. The van der Waals surface area contributed by atoms with Crippen LogP contribution in [0.25, 0.3) is 11.3 Å². The van der Waals surface area contributed by atoms with Gasteiger partial charge in [0.25, 0.3) is 0 Å². The Labute approximate surface area is 156 Å². The van der Waals surface area contributed by atoms with Gasteiger partial charge in [0.15, 0.2) is 5.82 Å². The molecule has 27 heavy (non-hydrogen) atoms. The number of nitrogens with one attached hydrogen (secondary N) is 3. The second-order valence-electron chi connectivity index (χ2n) is 6.75. The summed E-state index contributed by atoms with van der Waals surface area (Å²) < 4.78 is 0. The molecule has 1 atom stereocenters. The van der Waals surface area contributed by atoms with Gasteiger partial charge in [-0.15, -0.1) is 10.2 Å². The quantitative estimate of drug-likeness (QED) is 0.601. The molecule has 140 valence electrons. The molecule has 3 N–H and O–H groups in total. The van der Waals surface area contributed by atoms with Crippen LogP contribution in [0.2, 0.25) is 0 Å². The zero-order valence-corrected chi connectivity index (χ0v) is 14.9. The number of nitrogens with zero attached hydrogens (tertiary/aromatic N) is 5. The number of rotatable bonds is 6. The van der Waals surface area contributed by atoms with Crippen molar-refractivity contribution in [3.63, 3.8) is 0 Å². The van der Waals surface area contributed by atoms with Gasteiger partial charge in [-0.2, -0.15) is 10.3 Å². The molecule has 0 saturated carbocycles. The van der Waals surface area contributed by atoms with E-state index in [2.05, 4.69) is 59.2 Å². The van der Waals surface area contributed by atoms with E-state index in [0.717, 1.165) is 42.9 Å². The molecule has 0 bridgehead atoms. The van der Waals surface area contributed by atoms with Crippen LogP contribution in [0, 0.1) is 0 Å².